The highest BCUT2D eigenvalue weighted by atomic mass is 16.4. The first kappa shape index (κ1) is 14.2. The van der Waals surface area contributed by atoms with Crippen LogP contribution in [0.15, 0.2) is 0 Å². The second-order valence-corrected chi connectivity index (χ2v) is 5.87. The maximum atomic E-state index is 12.5. The van der Waals surface area contributed by atoms with Gasteiger partial charge in [0, 0.05) is 25.7 Å². The van der Waals surface area contributed by atoms with Gasteiger partial charge in [0.05, 0.1) is 6.42 Å². The van der Waals surface area contributed by atoms with Crippen molar-refractivity contribution in [2.45, 2.75) is 45.6 Å². The van der Waals surface area contributed by atoms with Crippen LogP contribution < -0.4 is 0 Å². The van der Waals surface area contributed by atoms with Gasteiger partial charge in [-0.05, 0) is 38.5 Å². The summed E-state index contributed by atoms with van der Waals surface area (Å²) in [6.45, 7) is 6.01. The van der Waals surface area contributed by atoms with Crippen molar-refractivity contribution in [3.05, 3.63) is 0 Å². The van der Waals surface area contributed by atoms with Crippen molar-refractivity contribution in [1.29, 1.82) is 0 Å². The summed E-state index contributed by atoms with van der Waals surface area (Å²) in [6, 6.07) is -0.221. The number of carbonyl (C=O) groups excluding carboxylic acids is 1. The molecule has 1 saturated carbocycles. The van der Waals surface area contributed by atoms with Crippen LogP contribution in [0.1, 0.15) is 39.5 Å². The summed E-state index contributed by atoms with van der Waals surface area (Å²) in [5.41, 5.74) is 0. The van der Waals surface area contributed by atoms with Crippen molar-refractivity contribution >= 4 is 12.0 Å². The minimum absolute atomic E-state index is 0.0142. The SMILES string of the molecule is CCN(C(=O)N1CC2CCCC2C1)C(C)CC(=O)O. The van der Waals surface area contributed by atoms with Gasteiger partial charge in [-0.1, -0.05) is 6.42 Å². The van der Waals surface area contributed by atoms with Crippen LogP contribution in [0, 0.1) is 11.8 Å². The van der Waals surface area contributed by atoms with Gasteiger partial charge in [-0.25, -0.2) is 4.79 Å². The summed E-state index contributed by atoms with van der Waals surface area (Å²) in [5, 5.41) is 8.86. The lowest BCUT2D eigenvalue weighted by atomic mass is 10.0. The molecule has 3 unspecified atom stereocenters. The lowest BCUT2D eigenvalue weighted by Gasteiger charge is -2.31. The van der Waals surface area contributed by atoms with Gasteiger partial charge in [0.15, 0.2) is 0 Å². The smallest absolute Gasteiger partial charge is 0.320 e. The van der Waals surface area contributed by atoms with Crippen molar-refractivity contribution in [2.24, 2.45) is 11.8 Å². The molecule has 2 rings (SSSR count). The molecule has 19 heavy (non-hydrogen) atoms. The average Bonchev–Trinajstić information content (AvgIpc) is 2.88. The number of fused-ring (bicyclic) bond motifs is 1. The number of likely N-dealkylation sites (tertiary alicyclic amines) is 1. The number of rotatable bonds is 4. The molecule has 108 valence electrons. The predicted molar refractivity (Wildman–Crippen MR) is 71.9 cm³/mol. The van der Waals surface area contributed by atoms with Gasteiger partial charge in [-0.3, -0.25) is 4.79 Å². The number of urea groups is 1. The number of nitrogens with zero attached hydrogens (tertiary/aromatic N) is 2. The van der Waals surface area contributed by atoms with Gasteiger partial charge >= 0.3 is 12.0 Å². The molecular weight excluding hydrogens is 244 g/mol. The van der Waals surface area contributed by atoms with Crippen LogP contribution in [-0.4, -0.2) is 52.6 Å². The molecule has 5 nitrogen and oxygen atoms in total. The monoisotopic (exact) mass is 268 g/mol. The quantitative estimate of drug-likeness (QED) is 0.848. The van der Waals surface area contributed by atoms with Crippen LogP contribution in [0.4, 0.5) is 4.79 Å². The summed E-state index contributed by atoms with van der Waals surface area (Å²) >= 11 is 0. The number of carboxylic acids is 1. The second-order valence-electron chi connectivity index (χ2n) is 5.87. The minimum atomic E-state index is -0.850. The minimum Gasteiger partial charge on any atom is -0.481 e. The van der Waals surface area contributed by atoms with E-state index in [1.54, 1.807) is 4.90 Å². The Kier molecular flexibility index (Phi) is 4.32. The Balaban J connectivity index is 1.95. The first-order valence-electron chi connectivity index (χ1n) is 7.30. The Morgan fingerprint density at radius 2 is 1.89 bits per heavy atom. The highest BCUT2D eigenvalue weighted by Gasteiger charge is 2.39. The molecule has 1 heterocycles. The van der Waals surface area contributed by atoms with Crippen molar-refractivity contribution in [3.8, 4) is 0 Å². The van der Waals surface area contributed by atoms with E-state index in [-0.39, 0.29) is 18.5 Å². The van der Waals surface area contributed by atoms with Gasteiger partial charge in [0.25, 0.3) is 0 Å². The van der Waals surface area contributed by atoms with E-state index in [0.29, 0.717) is 18.4 Å². The zero-order valence-corrected chi connectivity index (χ0v) is 11.8. The first-order chi connectivity index (χ1) is 9.02. The molecule has 0 radical (unpaired) electrons. The Morgan fingerprint density at radius 3 is 2.37 bits per heavy atom. The zero-order valence-electron chi connectivity index (χ0n) is 11.8. The third-order valence-corrected chi connectivity index (χ3v) is 4.59. The van der Waals surface area contributed by atoms with Crippen molar-refractivity contribution in [3.63, 3.8) is 0 Å². The third kappa shape index (κ3) is 3.01. The summed E-state index contributed by atoms with van der Waals surface area (Å²) in [5.74, 6) is 0.506. The summed E-state index contributed by atoms with van der Waals surface area (Å²) in [7, 11) is 0. The van der Waals surface area contributed by atoms with E-state index in [1.165, 1.54) is 19.3 Å². The summed E-state index contributed by atoms with van der Waals surface area (Å²) < 4.78 is 0. The molecule has 1 N–H and O–H groups in total. The van der Waals surface area contributed by atoms with Crippen LogP contribution in [0.3, 0.4) is 0 Å². The highest BCUT2D eigenvalue weighted by molar-refractivity contribution is 5.76. The Hall–Kier alpha value is -1.26. The molecule has 3 atom stereocenters. The average molecular weight is 268 g/mol. The Bertz CT molecular complexity index is 347. The van der Waals surface area contributed by atoms with Crippen LogP contribution >= 0.6 is 0 Å². The number of carbonyl (C=O) groups is 2. The van der Waals surface area contributed by atoms with Crippen molar-refractivity contribution in [2.75, 3.05) is 19.6 Å². The molecule has 5 heteroatoms. The molecule has 0 bridgehead atoms. The van der Waals surface area contributed by atoms with Crippen LogP contribution in [0.2, 0.25) is 0 Å². The van der Waals surface area contributed by atoms with Gasteiger partial charge in [0.2, 0.25) is 0 Å². The van der Waals surface area contributed by atoms with Gasteiger partial charge in [0.1, 0.15) is 0 Å². The summed E-state index contributed by atoms with van der Waals surface area (Å²) in [4.78, 5) is 26.9. The van der Waals surface area contributed by atoms with Crippen molar-refractivity contribution in [1.82, 2.24) is 9.80 Å². The molecule has 0 spiro atoms. The molecule has 1 aliphatic heterocycles. The predicted octanol–water partition coefficient (Wildman–Crippen LogP) is 2.02. The standard InChI is InChI=1S/C14H24N2O3/c1-3-16(10(2)7-13(17)18)14(19)15-8-11-5-4-6-12(11)9-15/h10-12H,3-9H2,1-2H3,(H,17,18). The molecule has 0 aromatic heterocycles. The lowest BCUT2D eigenvalue weighted by molar-refractivity contribution is -0.138. The number of amides is 2. The molecule has 2 fully saturated rings. The topological polar surface area (TPSA) is 60.9 Å². The van der Waals surface area contributed by atoms with E-state index in [4.69, 9.17) is 5.11 Å². The zero-order chi connectivity index (χ0) is 14.0. The number of hydrogen-bond donors (Lipinski definition) is 1. The third-order valence-electron chi connectivity index (χ3n) is 4.59. The maximum absolute atomic E-state index is 12.5. The molecule has 1 aliphatic carbocycles. The van der Waals surface area contributed by atoms with Crippen molar-refractivity contribution < 1.29 is 14.7 Å². The number of aliphatic carboxylic acids is 1. The number of carboxylic acid groups (broad SMARTS) is 1. The van der Waals surface area contributed by atoms with Gasteiger partial charge < -0.3 is 14.9 Å². The normalized spacial score (nSPS) is 27.2. The lowest BCUT2D eigenvalue weighted by Crippen LogP contribution is -2.47. The van der Waals surface area contributed by atoms with Crippen LogP contribution in [-0.2, 0) is 4.79 Å². The van der Waals surface area contributed by atoms with E-state index >= 15 is 0 Å². The second kappa shape index (κ2) is 5.80. The largest absolute Gasteiger partial charge is 0.481 e. The van der Waals surface area contributed by atoms with E-state index in [2.05, 4.69) is 0 Å². The van der Waals surface area contributed by atoms with E-state index in [0.717, 1.165) is 13.1 Å². The molecule has 2 amide bonds. The maximum Gasteiger partial charge on any atom is 0.320 e. The van der Waals surface area contributed by atoms with Crippen LogP contribution in [0.5, 0.6) is 0 Å². The van der Waals surface area contributed by atoms with E-state index in [1.807, 2.05) is 18.7 Å². The fraction of sp³-hybridized carbons (Fsp3) is 0.857. The Morgan fingerprint density at radius 1 is 1.32 bits per heavy atom. The van der Waals surface area contributed by atoms with Gasteiger partial charge in [-0.2, -0.15) is 0 Å². The highest BCUT2D eigenvalue weighted by Crippen LogP contribution is 2.38. The number of hydrogen-bond acceptors (Lipinski definition) is 2. The fourth-order valence-corrected chi connectivity index (χ4v) is 3.57. The van der Waals surface area contributed by atoms with Gasteiger partial charge in [-0.15, -0.1) is 0 Å². The molecular formula is C14H24N2O3. The summed E-state index contributed by atoms with van der Waals surface area (Å²) in [6.07, 6.45) is 3.79. The molecule has 1 saturated heterocycles. The molecule has 2 aliphatic rings. The molecule has 0 aromatic carbocycles. The molecule has 0 aromatic rings. The Labute approximate surface area is 114 Å². The first-order valence-corrected chi connectivity index (χ1v) is 7.30. The van der Waals surface area contributed by atoms with E-state index in [9.17, 15) is 9.59 Å². The fourth-order valence-electron chi connectivity index (χ4n) is 3.57. The van der Waals surface area contributed by atoms with E-state index < -0.39 is 5.97 Å². The van der Waals surface area contributed by atoms with Crippen LogP contribution in [0.25, 0.3) is 0 Å².